The third-order valence-corrected chi connectivity index (χ3v) is 4.85. The first kappa shape index (κ1) is 20.7. The second-order valence-corrected chi connectivity index (χ2v) is 7.19. The highest BCUT2D eigenvalue weighted by molar-refractivity contribution is 6.31. The summed E-state index contributed by atoms with van der Waals surface area (Å²) in [5, 5.41) is 3.63. The molecular formula is C24H24ClNO3. The fraction of sp³-hybridized carbons (Fsp3) is 0.208. The van der Waals surface area contributed by atoms with Gasteiger partial charge in [0.2, 0.25) is 0 Å². The van der Waals surface area contributed by atoms with E-state index in [9.17, 15) is 4.79 Å². The molecule has 0 heterocycles. The maximum absolute atomic E-state index is 12.7. The van der Waals surface area contributed by atoms with Gasteiger partial charge in [0.25, 0.3) is 5.91 Å². The number of aryl methyl sites for hydroxylation is 2. The Morgan fingerprint density at radius 2 is 1.83 bits per heavy atom. The van der Waals surface area contributed by atoms with Crippen LogP contribution in [0.4, 0.5) is 5.69 Å². The summed E-state index contributed by atoms with van der Waals surface area (Å²) in [5.41, 5.74) is 4.14. The second-order valence-electron chi connectivity index (χ2n) is 6.78. The average molecular weight is 410 g/mol. The Kier molecular flexibility index (Phi) is 6.78. The normalized spacial score (nSPS) is 10.5. The molecule has 0 spiro atoms. The average Bonchev–Trinajstić information content (AvgIpc) is 2.70. The lowest BCUT2D eigenvalue weighted by molar-refractivity contribution is 0.102. The molecule has 150 valence electrons. The van der Waals surface area contributed by atoms with Gasteiger partial charge < -0.3 is 14.8 Å². The Bertz CT molecular complexity index is 1020. The molecule has 3 rings (SSSR count). The minimum atomic E-state index is -0.178. The fourth-order valence-electron chi connectivity index (χ4n) is 2.92. The van der Waals surface area contributed by atoms with Gasteiger partial charge in [-0.1, -0.05) is 23.7 Å². The summed E-state index contributed by atoms with van der Waals surface area (Å²) >= 11 is 6.08. The molecule has 4 nitrogen and oxygen atoms in total. The number of halogens is 1. The van der Waals surface area contributed by atoms with Gasteiger partial charge >= 0.3 is 0 Å². The molecule has 3 aromatic rings. The summed E-state index contributed by atoms with van der Waals surface area (Å²) in [7, 11) is 0. The van der Waals surface area contributed by atoms with Crippen LogP contribution < -0.4 is 14.8 Å². The number of benzene rings is 3. The van der Waals surface area contributed by atoms with Crippen molar-refractivity contribution in [3.63, 3.8) is 0 Å². The number of amides is 1. The lowest BCUT2D eigenvalue weighted by atomic mass is 10.1. The molecular weight excluding hydrogens is 386 g/mol. The first-order valence-corrected chi connectivity index (χ1v) is 9.86. The number of hydrogen-bond donors (Lipinski definition) is 1. The van der Waals surface area contributed by atoms with Crippen molar-refractivity contribution in [2.75, 3.05) is 11.9 Å². The summed E-state index contributed by atoms with van der Waals surface area (Å²) in [6.45, 7) is 6.65. The van der Waals surface area contributed by atoms with Gasteiger partial charge in [-0.15, -0.1) is 0 Å². The Hall–Kier alpha value is -2.98. The van der Waals surface area contributed by atoms with Gasteiger partial charge in [-0.2, -0.15) is 0 Å². The first-order valence-electron chi connectivity index (χ1n) is 9.49. The van der Waals surface area contributed by atoms with Crippen molar-refractivity contribution in [2.24, 2.45) is 0 Å². The van der Waals surface area contributed by atoms with E-state index in [1.807, 2.05) is 57.2 Å². The Balaban J connectivity index is 1.79. The van der Waals surface area contributed by atoms with E-state index < -0.39 is 0 Å². The highest BCUT2D eigenvalue weighted by atomic mass is 35.5. The zero-order chi connectivity index (χ0) is 20.8. The van der Waals surface area contributed by atoms with Crippen molar-refractivity contribution in [1.82, 2.24) is 0 Å². The molecule has 0 saturated carbocycles. The molecule has 0 fully saturated rings. The SMILES string of the molecule is CCOc1ccc(C(=O)Nc2cccc(C)c2)cc1COc1ccc(Cl)c(C)c1. The van der Waals surface area contributed by atoms with Gasteiger partial charge in [-0.3, -0.25) is 4.79 Å². The van der Waals surface area contributed by atoms with Gasteiger partial charge in [0, 0.05) is 21.8 Å². The van der Waals surface area contributed by atoms with Crippen LogP contribution in [0.1, 0.15) is 34.0 Å². The van der Waals surface area contributed by atoms with Crippen molar-refractivity contribution >= 4 is 23.2 Å². The lowest BCUT2D eigenvalue weighted by Crippen LogP contribution is -2.13. The Labute approximate surface area is 176 Å². The van der Waals surface area contributed by atoms with E-state index >= 15 is 0 Å². The number of anilines is 1. The summed E-state index contributed by atoms with van der Waals surface area (Å²) in [6, 6.07) is 18.6. The first-order chi connectivity index (χ1) is 14.0. The van der Waals surface area contributed by atoms with Crippen LogP contribution in [0.3, 0.4) is 0 Å². The molecule has 0 unspecified atom stereocenters. The summed E-state index contributed by atoms with van der Waals surface area (Å²) in [4.78, 5) is 12.7. The predicted molar refractivity (Wildman–Crippen MR) is 117 cm³/mol. The molecule has 0 saturated heterocycles. The molecule has 0 atom stereocenters. The minimum absolute atomic E-state index is 0.178. The maximum Gasteiger partial charge on any atom is 0.255 e. The molecule has 29 heavy (non-hydrogen) atoms. The van der Waals surface area contributed by atoms with Crippen molar-refractivity contribution in [1.29, 1.82) is 0 Å². The maximum atomic E-state index is 12.7. The van der Waals surface area contributed by atoms with Crippen molar-refractivity contribution < 1.29 is 14.3 Å². The Morgan fingerprint density at radius 3 is 2.55 bits per heavy atom. The highest BCUT2D eigenvalue weighted by Crippen LogP contribution is 2.25. The molecule has 1 N–H and O–H groups in total. The van der Waals surface area contributed by atoms with Crippen LogP contribution in [-0.4, -0.2) is 12.5 Å². The third kappa shape index (κ3) is 5.52. The molecule has 0 radical (unpaired) electrons. The second kappa shape index (κ2) is 9.48. The minimum Gasteiger partial charge on any atom is -0.493 e. The van der Waals surface area contributed by atoms with Crippen molar-refractivity contribution in [3.8, 4) is 11.5 Å². The van der Waals surface area contributed by atoms with E-state index in [4.69, 9.17) is 21.1 Å². The number of rotatable bonds is 7. The molecule has 0 aliphatic carbocycles. The molecule has 1 amide bonds. The zero-order valence-electron chi connectivity index (χ0n) is 16.8. The van der Waals surface area contributed by atoms with Crippen LogP contribution in [0.25, 0.3) is 0 Å². The number of hydrogen-bond acceptors (Lipinski definition) is 3. The quantitative estimate of drug-likeness (QED) is 0.506. The van der Waals surface area contributed by atoms with E-state index in [2.05, 4.69) is 5.32 Å². The molecule has 3 aromatic carbocycles. The van der Waals surface area contributed by atoms with Crippen molar-refractivity contribution in [3.05, 3.63) is 87.9 Å². The summed E-state index contributed by atoms with van der Waals surface area (Å²) in [5.74, 6) is 1.23. The smallest absolute Gasteiger partial charge is 0.255 e. The van der Waals surface area contributed by atoms with E-state index in [0.29, 0.717) is 28.7 Å². The fourth-order valence-corrected chi connectivity index (χ4v) is 3.04. The topological polar surface area (TPSA) is 47.6 Å². The molecule has 0 aliphatic rings. The lowest BCUT2D eigenvalue weighted by Gasteiger charge is -2.14. The highest BCUT2D eigenvalue weighted by Gasteiger charge is 2.12. The molecule has 5 heteroatoms. The van der Waals surface area contributed by atoms with Gasteiger partial charge in [0.05, 0.1) is 6.61 Å². The van der Waals surface area contributed by atoms with Gasteiger partial charge in [-0.05, 0) is 80.4 Å². The zero-order valence-corrected chi connectivity index (χ0v) is 17.5. The van der Waals surface area contributed by atoms with Crippen LogP contribution in [-0.2, 0) is 6.61 Å². The molecule has 0 aliphatic heterocycles. The largest absolute Gasteiger partial charge is 0.493 e. The van der Waals surface area contributed by atoms with E-state index in [1.165, 1.54) is 0 Å². The van der Waals surface area contributed by atoms with Crippen LogP contribution in [0.5, 0.6) is 11.5 Å². The van der Waals surface area contributed by atoms with Crippen LogP contribution in [0.2, 0.25) is 5.02 Å². The van der Waals surface area contributed by atoms with Gasteiger partial charge in [-0.25, -0.2) is 0 Å². The molecule has 0 bridgehead atoms. The van der Waals surface area contributed by atoms with Gasteiger partial charge in [0.1, 0.15) is 18.1 Å². The summed E-state index contributed by atoms with van der Waals surface area (Å²) in [6.07, 6.45) is 0. The number of ether oxygens (including phenoxy) is 2. The Morgan fingerprint density at radius 1 is 1.00 bits per heavy atom. The van der Waals surface area contributed by atoms with E-state index in [1.54, 1.807) is 24.3 Å². The number of nitrogens with one attached hydrogen (secondary N) is 1. The third-order valence-electron chi connectivity index (χ3n) is 4.42. The summed E-state index contributed by atoms with van der Waals surface area (Å²) < 4.78 is 11.6. The van der Waals surface area contributed by atoms with Gasteiger partial charge in [0.15, 0.2) is 0 Å². The van der Waals surface area contributed by atoms with Crippen LogP contribution in [0, 0.1) is 13.8 Å². The number of carbonyl (C=O) groups is 1. The monoisotopic (exact) mass is 409 g/mol. The van der Waals surface area contributed by atoms with E-state index in [-0.39, 0.29) is 12.5 Å². The molecule has 0 aromatic heterocycles. The predicted octanol–water partition coefficient (Wildman–Crippen LogP) is 6.19. The number of carbonyl (C=O) groups excluding carboxylic acids is 1. The van der Waals surface area contributed by atoms with Crippen molar-refractivity contribution in [2.45, 2.75) is 27.4 Å². The standard InChI is InChI=1S/C24H24ClNO3/c1-4-28-23-11-8-18(24(27)26-20-7-5-6-16(2)12-20)14-19(23)15-29-21-9-10-22(25)17(3)13-21/h5-14H,4,15H2,1-3H3,(H,26,27). The van der Waals surface area contributed by atoms with Crippen LogP contribution >= 0.6 is 11.6 Å². The van der Waals surface area contributed by atoms with E-state index in [0.717, 1.165) is 22.4 Å². The van der Waals surface area contributed by atoms with Crippen LogP contribution in [0.15, 0.2) is 60.7 Å².